The van der Waals surface area contributed by atoms with Crippen molar-refractivity contribution in [1.82, 2.24) is 5.32 Å². The van der Waals surface area contributed by atoms with Crippen molar-refractivity contribution in [3.8, 4) is 11.1 Å². The van der Waals surface area contributed by atoms with Gasteiger partial charge in [-0.3, -0.25) is 4.79 Å². The molecule has 1 saturated carbocycles. The SMILES string of the molecule is CO[C@]1(C(F)(F)F)CC[C@]2(CC1)NC(=O)C(c1cc(-c3ccc(Cl)c(F)c3)ccc1C)=C2O. The van der Waals surface area contributed by atoms with Crippen LogP contribution in [0.2, 0.25) is 5.02 Å². The lowest BCUT2D eigenvalue weighted by molar-refractivity contribution is -0.282. The molecule has 0 radical (unpaired) electrons. The number of benzene rings is 2. The Morgan fingerprint density at radius 1 is 1.06 bits per heavy atom. The van der Waals surface area contributed by atoms with Gasteiger partial charge in [-0.2, -0.15) is 13.2 Å². The van der Waals surface area contributed by atoms with Crippen molar-refractivity contribution in [1.29, 1.82) is 0 Å². The molecule has 1 fully saturated rings. The number of hydrogen-bond donors (Lipinski definition) is 2. The molecule has 1 aliphatic carbocycles. The van der Waals surface area contributed by atoms with E-state index in [1.54, 1.807) is 31.2 Å². The molecule has 1 aliphatic heterocycles. The van der Waals surface area contributed by atoms with E-state index in [1.807, 2.05) is 0 Å². The summed E-state index contributed by atoms with van der Waals surface area (Å²) in [5.41, 5.74) is -1.35. The van der Waals surface area contributed by atoms with E-state index in [0.29, 0.717) is 22.3 Å². The number of aliphatic hydroxyl groups excluding tert-OH is 1. The minimum Gasteiger partial charge on any atom is -0.509 e. The van der Waals surface area contributed by atoms with E-state index < -0.39 is 41.9 Å². The van der Waals surface area contributed by atoms with Crippen molar-refractivity contribution in [3.05, 3.63) is 64.1 Å². The molecule has 2 N–H and O–H groups in total. The molecule has 9 heteroatoms. The first-order valence-corrected chi connectivity index (χ1v) is 10.8. The number of hydrogen-bond acceptors (Lipinski definition) is 3. The second kappa shape index (κ2) is 8.02. The van der Waals surface area contributed by atoms with Gasteiger partial charge < -0.3 is 15.2 Å². The van der Waals surface area contributed by atoms with Gasteiger partial charge in [0.25, 0.3) is 5.91 Å². The number of carbonyl (C=O) groups is 1. The van der Waals surface area contributed by atoms with Crippen LogP contribution in [0.4, 0.5) is 17.6 Å². The maximum absolute atomic E-state index is 13.9. The lowest BCUT2D eigenvalue weighted by Gasteiger charge is -2.44. The highest BCUT2D eigenvalue weighted by Crippen LogP contribution is 2.50. The molecule has 0 saturated heterocycles. The summed E-state index contributed by atoms with van der Waals surface area (Å²) in [7, 11) is 1.02. The van der Waals surface area contributed by atoms with Crippen LogP contribution in [0.25, 0.3) is 16.7 Å². The predicted molar refractivity (Wildman–Crippen MR) is 116 cm³/mol. The van der Waals surface area contributed by atoms with Gasteiger partial charge in [-0.25, -0.2) is 4.39 Å². The first kappa shape index (κ1) is 23.6. The predicted octanol–water partition coefficient (Wildman–Crippen LogP) is 6.11. The van der Waals surface area contributed by atoms with Crippen LogP contribution in [0, 0.1) is 12.7 Å². The third-order valence-electron chi connectivity index (χ3n) is 6.85. The van der Waals surface area contributed by atoms with Gasteiger partial charge >= 0.3 is 6.18 Å². The van der Waals surface area contributed by atoms with Crippen LogP contribution in [-0.2, 0) is 9.53 Å². The smallest absolute Gasteiger partial charge is 0.417 e. The van der Waals surface area contributed by atoms with E-state index in [2.05, 4.69) is 5.32 Å². The Kier molecular flexibility index (Phi) is 5.73. The summed E-state index contributed by atoms with van der Waals surface area (Å²) in [6.07, 6.45) is -5.60. The van der Waals surface area contributed by atoms with Crippen LogP contribution in [-0.4, -0.2) is 35.4 Å². The van der Waals surface area contributed by atoms with Crippen LogP contribution in [0.5, 0.6) is 0 Å². The van der Waals surface area contributed by atoms with Crippen LogP contribution in [0.1, 0.15) is 36.8 Å². The van der Waals surface area contributed by atoms with E-state index in [1.165, 1.54) is 12.1 Å². The number of ether oxygens (including phenoxy) is 1. The van der Waals surface area contributed by atoms with Gasteiger partial charge in [0.1, 0.15) is 11.6 Å². The summed E-state index contributed by atoms with van der Waals surface area (Å²) in [4.78, 5) is 12.9. The molecular weight excluding hydrogens is 462 g/mol. The fourth-order valence-corrected chi connectivity index (χ4v) is 4.85. The summed E-state index contributed by atoms with van der Waals surface area (Å²) < 4.78 is 59.5. The van der Waals surface area contributed by atoms with Gasteiger partial charge in [0, 0.05) is 7.11 Å². The summed E-state index contributed by atoms with van der Waals surface area (Å²) in [6.45, 7) is 1.75. The number of alkyl halides is 3. The highest BCUT2D eigenvalue weighted by Gasteiger charge is 2.61. The first-order valence-electron chi connectivity index (χ1n) is 10.4. The molecule has 2 aliphatic rings. The van der Waals surface area contributed by atoms with Crippen molar-refractivity contribution < 1.29 is 32.2 Å². The molecule has 0 atom stereocenters. The van der Waals surface area contributed by atoms with E-state index in [9.17, 15) is 27.5 Å². The maximum atomic E-state index is 13.9. The molecule has 2 aromatic carbocycles. The molecule has 1 heterocycles. The molecular formula is C24H22ClF4NO3. The van der Waals surface area contributed by atoms with Crippen LogP contribution in [0.3, 0.4) is 0 Å². The van der Waals surface area contributed by atoms with Crippen molar-refractivity contribution >= 4 is 23.1 Å². The quantitative estimate of drug-likeness (QED) is 0.517. The minimum absolute atomic E-state index is 0.0145. The molecule has 4 nitrogen and oxygen atoms in total. The van der Waals surface area contributed by atoms with Gasteiger partial charge in [-0.05, 0) is 73.1 Å². The van der Waals surface area contributed by atoms with Gasteiger partial charge in [-0.15, -0.1) is 0 Å². The average Bonchev–Trinajstić information content (AvgIpc) is 3.00. The summed E-state index contributed by atoms with van der Waals surface area (Å²) in [6, 6.07) is 9.45. The molecule has 1 amide bonds. The highest BCUT2D eigenvalue weighted by molar-refractivity contribution is 6.30. The Morgan fingerprint density at radius 3 is 2.24 bits per heavy atom. The van der Waals surface area contributed by atoms with Gasteiger partial charge in [0.2, 0.25) is 0 Å². The minimum atomic E-state index is -4.56. The van der Waals surface area contributed by atoms with E-state index in [4.69, 9.17) is 16.3 Å². The standard InChI is InChI=1S/C24H22ClF4NO3/c1-13-3-4-14(15-5-6-17(25)18(26)12-15)11-16(13)19-20(31)22(30-21(19)32)7-9-23(33-2,10-8-22)24(27,28)29/h3-6,11-12,31H,7-10H2,1-2H3,(H,30,32)/t22-,23-. The zero-order valence-electron chi connectivity index (χ0n) is 17.9. The number of amides is 1. The third-order valence-corrected chi connectivity index (χ3v) is 7.15. The topological polar surface area (TPSA) is 58.6 Å². The second-order valence-corrected chi connectivity index (χ2v) is 9.02. The molecule has 0 unspecified atom stereocenters. The Bertz CT molecular complexity index is 1150. The molecule has 33 heavy (non-hydrogen) atoms. The molecule has 0 aromatic heterocycles. The van der Waals surface area contributed by atoms with E-state index >= 15 is 0 Å². The van der Waals surface area contributed by atoms with E-state index in [-0.39, 0.29) is 29.2 Å². The molecule has 0 bridgehead atoms. The Hall–Kier alpha value is -2.58. The number of rotatable bonds is 3. The van der Waals surface area contributed by atoms with Crippen LogP contribution >= 0.6 is 11.6 Å². The third kappa shape index (κ3) is 3.79. The zero-order chi connectivity index (χ0) is 24.2. The fraction of sp³-hybridized carbons (Fsp3) is 0.375. The van der Waals surface area contributed by atoms with Crippen molar-refractivity contribution in [3.63, 3.8) is 0 Å². The molecule has 176 valence electrons. The Balaban J connectivity index is 1.73. The fourth-order valence-electron chi connectivity index (χ4n) is 4.73. The number of aliphatic hydroxyl groups is 1. The highest BCUT2D eigenvalue weighted by atomic mass is 35.5. The second-order valence-electron chi connectivity index (χ2n) is 8.61. The number of nitrogens with one attached hydrogen (secondary N) is 1. The maximum Gasteiger partial charge on any atom is 0.417 e. The van der Waals surface area contributed by atoms with E-state index in [0.717, 1.165) is 7.11 Å². The number of carbonyl (C=O) groups excluding carboxylic acids is 1. The number of halogens is 5. The summed E-state index contributed by atoms with van der Waals surface area (Å²) >= 11 is 5.76. The largest absolute Gasteiger partial charge is 0.509 e. The first-order chi connectivity index (χ1) is 15.4. The van der Waals surface area contributed by atoms with Gasteiger partial charge in [0.15, 0.2) is 5.60 Å². The van der Waals surface area contributed by atoms with Crippen molar-refractivity contribution in [2.45, 2.75) is 49.9 Å². The monoisotopic (exact) mass is 483 g/mol. The Labute approximate surface area is 193 Å². The van der Waals surface area contributed by atoms with Gasteiger partial charge in [-0.1, -0.05) is 29.8 Å². The summed E-state index contributed by atoms with van der Waals surface area (Å²) in [5, 5.41) is 13.8. The zero-order valence-corrected chi connectivity index (χ0v) is 18.7. The molecule has 1 spiro atoms. The van der Waals surface area contributed by atoms with Crippen LogP contribution in [0.15, 0.2) is 42.2 Å². The molecule has 4 rings (SSSR count). The van der Waals surface area contributed by atoms with Crippen molar-refractivity contribution in [2.75, 3.05) is 7.11 Å². The number of aryl methyl sites for hydroxylation is 1. The lowest BCUT2D eigenvalue weighted by atomic mass is 9.72. The normalized spacial score (nSPS) is 25.6. The van der Waals surface area contributed by atoms with Gasteiger partial charge in [0.05, 0.1) is 16.1 Å². The molecule has 2 aromatic rings. The number of methoxy groups -OCH3 is 1. The van der Waals surface area contributed by atoms with Crippen LogP contribution < -0.4 is 5.32 Å². The lowest BCUT2D eigenvalue weighted by Crippen LogP contribution is -2.57. The Morgan fingerprint density at radius 2 is 1.67 bits per heavy atom. The van der Waals surface area contributed by atoms with Crippen molar-refractivity contribution in [2.24, 2.45) is 0 Å². The average molecular weight is 484 g/mol. The summed E-state index contributed by atoms with van der Waals surface area (Å²) in [5.74, 6) is -1.43.